The summed E-state index contributed by atoms with van der Waals surface area (Å²) in [6.07, 6.45) is 5.98. The third-order valence-electron chi connectivity index (χ3n) is 3.05. The van der Waals surface area contributed by atoms with Crippen molar-refractivity contribution in [3.63, 3.8) is 0 Å². The quantitative estimate of drug-likeness (QED) is 0.818. The number of nitrogens with zero attached hydrogens (tertiary/aromatic N) is 1. The van der Waals surface area contributed by atoms with Gasteiger partial charge in [0.15, 0.2) is 0 Å². The van der Waals surface area contributed by atoms with Crippen molar-refractivity contribution in [3.05, 3.63) is 23.4 Å². The number of aryl methyl sites for hydroxylation is 2. The summed E-state index contributed by atoms with van der Waals surface area (Å²) in [7, 11) is 0. The molecule has 1 aliphatic heterocycles. The lowest BCUT2D eigenvalue weighted by Crippen LogP contribution is -2.23. The van der Waals surface area contributed by atoms with Gasteiger partial charge in [-0.2, -0.15) is 0 Å². The van der Waals surface area contributed by atoms with E-state index in [-0.39, 0.29) is 0 Å². The van der Waals surface area contributed by atoms with Crippen molar-refractivity contribution in [2.75, 3.05) is 5.32 Å². The minimum absolute atomic E-state index is 0.575. The first-order chi connectivity index (χ1) is 7.29. The number of anilines is 1. The molecule has 0 radical (unpaired) electrons. The summed E-state index contributed by atoms with van der Waals surface area (Å²) in [6, 6.07) is 5.00. The monoisotopic (exact) mass is 204 g/mol. The summed E-state index contributed by atoms with van der Waals surface area (Å²) in [4.78, 5) is 4.69. The highest BCUT2D eigenvalue weighted by Crippen LogP contribution is 2.23. The van der Waals surface area contributed by atoms with Crippen LogP contribution in [0.4, 0.5) is 5.82 Å². The molecule has 1 N–H and O–H groups in total. The number of rotatable bonds is 3. The van der Waals surface area contributed by atoms with E-state index in [2.05, 4.69) is 31.3 Å². The van der Waals surface area contributed by atoms with Crippen LogP contribution in [0.2, 0.25) is 0 Å². The molecule has 0 fully saturated rings. The van der Waals surface area contributed by atoms with Crippen LogP contribution in [0.25, 0.3) is 0 Å². The van der Waals surface area contributed by atoms with E-state index < -0.39 is 0 Å². The van der Waals surface area contributed by atoms with E-state index in [0.29, 0.717) is 6.04 Å². The van der Waals surface area contributed by atoms with Crippen molar-refractivity contribution in [3.8, 4) is 0 Å². The Balaban J connectivity index is 2.13. The van der Waals surface area contributed by atoms with Crippen molar-refractivity contribution in [2.24, 2.45) is 0 Å². The summed E-state index contributed by atoms with van der Waals surface area (Å²) in [5.74, 6) is 1.13. The summed E-state index contributed by atoms with van der Waals surface area (Å²) in [5.41, 5.74) is 2.62. The van der Waals surface area contributed by atoms with Gasteiger partial charge in [-0.15, -0.1) is 0 Å². The average molecular weight is 204 g/mol. The molecule has 2 heteroatoms. The maximum Gasteiger partial charge on any atom is 0.129 e. The van der Waals surface area contributed by atoms with Gasteiger partial charge in [-0.25, -0.2) is 4.98 Å². The molecule has 0 aliphatic carbocycles. The molecule has 82 valence electrons. The summed E-state index contributed by atoms with van der Waals surface area (Å²) in [5, 5.41) is 3.47. The molecule has 0 amide bonds. The second-order valence-corrected chi connectivity index (χ2v) is 4.50. The molecule has 1 unspecified atom stereocenters. The molecular weight excluding hydrogens is 184 g/mol. The van der Waals surface area contributed by atoms with Crippen LogP contribution in [0, 0.1) is 0 Å². The summed E-state index contributed by atoms with van der Waals surface area (Å²) in [6.45, 7) is 4.45. The highest BCUT2D eigenvalue weighted by atomic mass is 15.0. The van der Waals surface area contributed by atoms with Gasteiger partial charge in [0.05, 0.1) is 0 Å². The number of hydrogen-bond acceptors (Lipinski definition) is 2. The molecule has 0 spiro atoms. The van der Waals surface area contributed by atoms with Gasteiger partial charge in [0.25, 0.3) is 0 Å². The van der Waals surface area contributed by atoms with Gasteiger partial charge in [-0.3, -0.25) is 0 Å². The predicted molar refractivity (Wildman–Crippen MR) is 64.3 cm³/mol. The maximum atomic E-state index is 4.69. The highest BCUT2D eigenvalue weighted by molar-refractivity contribution is 5.48. The van der Waals surface area contributed by atoms with Crippen LogP contribution in [-0.2, 0) is 12.8 Å². The molecule has 1 aliphatic rings. The smallest absolute Gasteiger partial charge is 0.129 e. The number of pyridine rings is 1. The van der Waals surface area contributed by atoms with Crippen molar-refractivity contribution in [2.45, 2.75) is 52.0 Å². The SMILES string of the molecule is CCCCc1ccc2c(n1)NC(C)CC2. The highest BCUT2D eigenvalue weighted by Gasteiger charge is 2.14. The third kappa shape index (κ3) is 2.49. The summed E-state index contributed by atoms with van der Waals surface area (Å²) < 4.78 is 0. The van der Waals surface area contributed by atoms with E-state index in [1.54, 1.807) is 0 Å². The van der Waals surface area contributed by atoms with Crippen LogP contribution >= 0.6 is 0 Å². The molecule has 1 aromatic rings. The zero-order valence-electron chi connectivity index (χ0n) is 9.71. The Kier molecular flexibility index (Phi) is 3.24. The van der Waals surface area contributed by atoms with Crippen LogP contribution in [-0.4, -0.2) is 11.0 Å². The van der Waals surface area contributed by atoms with Gasteiger partial charge >= 0.3 is 0 Å². The minimum atomic E-state index is 0.575. The molecule has 1 aromatic heterocycles. The van der Waals surface area contributed by atoms with E-state index in [4.69, 9.17) is 4.98 Å². The first kappa shape index (κ1) is 10.5. The Morgan fingerprint density at radius 1 is 1.47 bits per heavy atom. The fourth-order valence-electron chi connectivity index (χ4n) is 2.03. The predicted octanol–water partition coefficient (Wildman–Crippen LogP) is 3.17. The number of unbranched alkanes of at least 4 members (excludes halogenated alkanes) is 1. The van der Waals surface area contributed by atoms with E-state index in [0.717, 1.165) is 12.2 Å². The second kappa shape index (κ2) is 4.65. The molecule has 1 atom stereocenters. The van der Waals surface area contributed by atoms with Gasteiger partial charge in [0.2, 0.25) is 0 Å². The number of aromatic nitrogens is 1. The molecule has 2 nitrogen and oxygen atoms in total. The van der Waals surface area contributed by atoms with Crippen LogP contribution in [0.1, 0.15) is 44.4 Å². The fraction of sp³-hybridized carbons (Fsp3) is 0.615. The maximum absolute atomic E-state index is 4.69. The molecule has 15 heavy (non-hydrogen) atoms. The molecule has 2 rings (SSSR count). The third-order valence-corrected chi connectivity index (χ3v) is 3.05. The first-order valence-corrected chi connectivity index (χ1v) is 6.05. The zero-order chi connectivity index (χ0) is 10.7. The standard InChI is InChI=1S/C13H20N2/c1-3-4-5-12-9-8-11-7-6-10(2)14-13(11)15-12/h8-10H,3-7H2,1-2H3,(H,14,15). The number of nitrogens with one attached hydrogen (secondary N) is 1. The van der Waals surface area contributed by atoms with Crippen LogP contribution < -0.4 is 5.32 Å². The van der Waals surface area contributed by atoms with E-state index in [1.165, 1.54) is 36.9 Å². The fourth-order valence-corrected chi connectivity index (χ4v) is 2.03. The Bertz CT molecular complexity index is 333. The van der Waals surface area contributed by atoms with Crippen LogP contribution in [0.3, 0.4) is 0 Å². The topological polar surface area (TPSA) is 24.9 Å². The van der Waals surface area contributed by atoms with Crippen LogP contribution in [0.5, 0.6) is 0 Å². The van der Waals surface area contributed by atoms with E-state index >= 15 is 0 Å². The van der Waals surface area contributed by atoms with Gasteiger partial charge in [0.1, 0.15) is 5.82 Å². The van der Waals surface area contributed by atoms with E-state index in [9.17, 15) is 0 Å². The van der Waals surface area contributed by atoms with Gasteiger partial charge in [0, 0.05) is 11.7 Å². The van der Waals surface area contributed by atoms with E-state index in [1.807, 2.05) is 0 Å². The molecule has 2 heterocycles. The zero-order valence-corrected chi connectivity index (χ0v) is 9.71. The second-order valence-electron chi connectivity index (χ2n) is 4.50. The van der Waals surface area contributed by atoms with Crippen molar-refractivity contribution >= 4 is 5.82 Å². The normalized spacial score (nSPS) is 19.5. The minimum Gasteiger partial charge on any atom is -0.367 e. The van der Waals surface area contributed by atoms with Gasteiger partial charge in [-0.1, -0.05) is 19.4 Å². The van der Waals surface area contributed by atoms with Crippen molar-refractivity contribution in [1.29, 1.82) is 0 Å². The van der Waals surface area contributed by atoms with Gasteiger partial charge < -0.3 is 5.32 Å². The van der Waals surface area contributed by atoms with Crippen molar-refractivity contribution in [1.82, 2.24) is 4.98 Å². The Morgan fingerprint density at radius 3 is 3.13 bits per heavy atom. The number of hydrogen-bond donors (Lipinski definition) is 1. The average Bonchev–Trinajstić information content (AvgIpc) is 2.25. The largest absolute Gasteiger partial charge is 0.367 e. The lowest BCUT2D eigenvalue weighted by atomic mass is 10.0. The Morgan fingerprint density at radius 2 is 2.33 bits per heavy atom. The first-order valence-electron chi connectivity index (χ1n) is 6.05. The Labute approximate surface area is 92.1 Å². The molecule has 0 bridgehead atoms. The Hall–Kier alpha value is -1.05. The molecule has 0 saturated carbocycles. The molecule has 0 saturated heterocycles. The summed E-state index contributed by atoms with van der Waals surface area (Å²) >= 11 is 0. The molecular formula is C13H20N2. The lowest BCUT2D eigenvalue weighted by Gasteiger charge is -2.23. The lowest BCUT2D eigenvalue weighted by molar-refractivity contribution is 0.669. The number of fused-ring (bicyclic) bond motifs is 1. The van der Waals surface area contributed by atoms with Gasteiger partial charge in [-0.05, 0) is 44.2 Å². The van der Waals surface area contributed by atoms with Crippen LogP contribution in [0.15, 0.2) is 12.1 Å². The van der Waals surface area contributed by atoms with Crippen molar-refractivity contribution < 1.29 is 0 Å². The molecule has 0 aromatic carbocycles.